The number of carboxylic acids is 1. The van der Waals surface area contributed by atoms with Crippen molar-refractivity contribution in [1.29, 1.82) is 0 Å². The van der Waals surface area contributed by atoms with E-state index in [1.54, 1.807) is 0 Å². The molecule has 0 aliphatic heterocycles. The van der Waals surface area contributed by atoms with Crippen LogP contribution in [0.4, 0.5) is 0 Å². The SMILES string of the molecule is CC(C)CC(CC(C)(C)C)OC(=O)C=CC(=O)O. The van der Waals surface area contributed by atoms with Crippen LogP contribution >= 0.6 is 0 Å². The summed E-state index contributed by atoms with van der Waals surface area (Å²) < 4.78 is 5.30. The largest absolute Gasteiger partial charge is 0.478 e. The van der Waals surface area contributed by atoms with Gasteiger partial charge in [-0.05, 0) is 24.2 Å². The normalized spacial score (nSPS) is 13.9. The van der Waals surface area contributed by atoms with E-state index in [0.717, 1.165) is 25.0 Å². The molecule has 0 aliphatic rings. The van der Waals surface area contributed by atoms with Gasteiger partial charge in [0.1, 0.15) is 6.10 Å². The molecule has 0 aromatic carbocycles. The number of esters is 1. The fourth-order valence-electron chi connectivity index (χ4n) is 1.72. The summed E-state index contributed by atoms with van der Waals surface area (Å²) in [6.07, 6.45) is 3.13. The van der Waals surface area contributed by atoms with Gasteiger partial charge in [-0.25, -0.2) is 9.59 Å². The molecule has 1 N–H and O–H groups in total. The third-order valence-corrected chi connectivity index (χ3v) is 2.22. The zero-order valence-electron chi connectivity index (χ0n) is 11.9. The summed E-state index contributed by atoms with van der Waals surface area (Å²) in [5, 5.41) is 8.43. The van der Waals surface area contributed by atoms with Gasteiger partial charge in [0.15, 0.2) is 0 Å². The van der Waals surface area contributed by atoms with Crippen molar-refractivity contribution in [3.8, 4) is 0 Å². The first kappa shape index (κ1) is 16.7. The summed E-state index contributed by atoms with van der Waals surface area (Å²) in [6.45, 7) is 10.4. The van der Waals surface area contributed by atoms with E-state index < -0.39 is 11.9 Å². The highest BCUT2D eigenvalue weighted by Crippen LogP contribution is 2.26. The summed E-state index contributed by atoms with van der Waals surface area (Å²) >= 11 is 0. The second-order valence-electron chi connectivity index (χ2n) is 6.12. The molecule has 0 spiro atoms. The standard InChI is InChI=1S/C14H24O4/c1-10(2)8-11(9-14(3,4)5)18-13(17)7-6-12(15)16/h6-7,10-11H,8-9H2,1-5H3,(H,15,16). The zero-order chi connectivity index (χ0) is 14.3. The van der Waals surface area contributed by atoms with Crippen molar-refractivity contribution in [3.63, 3.8) is 0 Å². The van der Waals surface area contributed by atoms with Gasteiger partial charge in [-0.3, -0.25) is 0 Å². The number of hydrogen-bond donors (Lipinski definition) is 1. The van der Waals surface area contributed by atoms with E-state index in [9.17, 15) is 9.59 Å². The predicted octanol–water partition coefficient (Wildman–Crippen LogP) is 3.02. The second kappa shape index (κ2) is 7.19. The fourth-order valence-corrected chi connectivity index (χ4v) is 1.72. The molecule has 0 fully saturated rings. The van der Waals surface area contributed by atoms with E-state index in [2.05, 4.69) is 34.6 Å². The van der Waals surface area contributed by atoms with Crippen molar-refractivity contribution >= 4 is 11.9 Å². The van der Waals surface area contributed by atoms with Gasteiger partial charge in [0.05, 0.1) is 0 Å². The first-order valence-corrected chi connectivity index (χ1v) is 6.22. The van der Waals surface area contributed by atoms with E-state index in [1.165, 1.54) is 0 Å². The van der Waals surface area contributed by atoms with Crippen LogP contribution in [0.15, 0.2) is 12.2 Å². The van der Waals surface area contributed by atoms with Gasteiger partial charge >= 0.3 is 11.9 Å². The Bertz CT molecular complexity index is 310. The zero-order valence-corrected chi connectivity index (χ0v) is 11.9. The van der Waals surface area contributed by atoms with Crippen LogP contribution in [0.5, 0.6) is 0 Å². The minimum atomic E-state index is -1.15. The maximum Gasteiger partial charge on any atom is 0.331 e. The number of ether oxygens (including phenoxy) is 1. The highest BCUT2D eigenvalue weighted by Gasteiger charge is 2.22. The molecular weight excluding hydrogens is 232 g/mol. The smallest absolute Gasteiger partial charge is 0.331 e. The summed E-state index contributed by atoms with van der Waals surface area (Å²) in [7, 11) is 0. The maximum atomic E-state index is 11.5. The Labute approximate surface area is 109 Å². The van der Waals surface area contributed by atoms with Crippen molar-refractivity contribution < 1.29 is 19.4 Å². The molecule has 0 heterocycles. The molecular formula is C14H24O4. The molecule has 0 bridgehead atoms. The molecule has 0 radical (unpaired) electrons. The van der Waals surface area contributed by atoms with Crippen LogP contribution in [0.1, 0.15) is 47.5 Å². The minimum absolute atomic E-state index is 0.0658. The van der Waals surface area contributed by atoms with Gasteiger partial charge in [-0.2, -0.15) is 0 Å². The third-order valence-electron chi connectivity index (χ3n) is 2.22. The van der Waals surface area contributed by atoms with E-state index in [0.29, 0.717) is 5.92 Å². The molecule has 0 aliphatic carbocycles. The summed E-state index contributed by atoms with van der Waals surface area (Å²) in [5.41, 5.74) is 0.0658. The molecule has 4 nitrogen and oxygen atoms in total. The number of aliphatic carboxylic acids is 1. The molecule has 104 valence electrons. The average molecular weight is 256 g/mol. The van der Waals surface area contributed by atoms with Crippen LogP contribution < -0.4 is 0 Å². The molecule has 18 heavy (non-hydrogen) atoms. The molecule has 0 saturated heterocycles. The van der Waals surface area contributed by atoms with E-state index >= 15 is 0 Å². The van der Waals surface area contributed by atoms with Crippen molar-refractivity contribution in [1.82, 2.24) is 0 Å². The summed E-state index contributed by atoms with van der Waals surface area (Å²) in [4.78, 5) is 21.8. The Morgan fingerprint density at radius 2 is 1.78 bits per heavy atom. The Morgan fingerprint density at radius 1 is 1.22 bits per heavy atom. The lowest BCUT2D eigenvalue weighted by atomic mass is 9.86. The molecule has 1 atom stereocenters. The first-order valence-electron chi connectivity index (χ1n) is 6.22. The number of carbonyl (C=O) groups is 2. The average Bonchev–Trinajstić information content (AvgIpc) is 2.10. The lowest BCUT2D eigenvalue weighted by Crippen LogP contribution is -2.25. The van der Waals surface area contributed by atoms with Crippen LogP contribution in [-0.2, 0) is 14.3 Å². The third kappa shape index (κ3) is 9.87. The van der Waals surface area contributed by atoms with Crippen molar-refractivity contribution in [3.05, 3.63) is 12.2 Å². The van der Waals surface area contributed by atoms with E-state index in [-0.39, 0.29) is 11.5 Å². The fraction of sp³-hybridized carbons (Fsp3) is 0.714. The molecule has 0 amide bonds. The first-order chi connectivity index (χ1) is 8.10. The van der Waals surface area contributed by atoms with E-state index in [1.807, 2.05) is 0 Å². The van der Waals surface area contributed by atoms with Gasteiger partial charge in [-0.1, -0.05) is 34.6 Å². The summed E-state index contributed by atoms with van der Waals surface area (Å²) in [5.74, 6) is -1.32. The number of hydrogen-bond acceptors (Lipinski definition) is 3. The van der Waals surface area contributed by atoms with E-state index in [4.69, 9.17) is 9.84 Å². The maximum absolute atomic E-state index is 11.5. The van der Waals surface area contributed by atoms with Crippen molar-refractivity contribution in [2.75, 3.05) is 0 Å². The topological polar surface area (TPSA) is 63.6 Å². The van der Waals surface area contributed by atoms with Crippen LogP contribution in [0.2, 0.25) is 0 Å². The monoisotopic (exact) mass is 256 g/mol. The van der Waals surface area contributed by atoms with Gasteiger partial charge in [0.25, 0.3) is 0 Å². The molecule has 1 unspecified atom stereocenters. The van der Waals surface area contributed by atoms with Gasteiger partial charge < -0.3 is 9.84 Å². The van der Waals surface area contributed by atoms with Crippen LogP contribution in [0, 0.1) is 11.3 Å². The highest BCUT2D eigenvalue weighted by molar-refractivity contribution is 5.90. The van der Waals surface area contributed by atoms with Crippen LogP contribution in [0.25, 0.3) is 0 Å². The Kier molecular flexibility index (Phi) is 6.66. The predicted molar refractivity (Wildman–Crippen MR) is 70.2 cm³/mol. The van der Waals surface area contributed by atoms with Crippen LogP contribution in [0.3, 0.4) is 0 Å². The Balaban J connectivity index is 4.49. The second-order valence-corrected chi connectivity index (χ2v) is 6.12. The quantitative estimate of drug-likeness (QED) is 0.586. The molecule has 0 rings (SSSR count). The van der Waals surface area contributed by atoms with Crippen LogP contribution in [-0.4, -0.2) is 23.1 Å². The summed E-state index contributed by atoms with van der Waals surface area (Å²) in [6, 6.07) is 0. The number of carbonyl (C=O) groups excluding carboxylic acids is 1. The lowest BCUT2D eigenvalue weighted by molar-refractivity contribution is -0.145. The Morgan fingerprint density at radius 3 is 2.17 bits per heavy atom. The highest BCUT2D eigenvalue weighted by atomic mass is 16.5. The molecule has 4 heteroatoms. The van der Waals surface area contributed by atoms with Gasteiger partial charge in [-0.15, -0.1) is 0 Å². The number of carboxylic acid groups (broad SMARTS) is 1. The van der Waals surface area contributed by atoms with Gasteiger partial charge in [0, 0.05) is 12.2 Å². The molecule has 0 aromatic heterocycles. The molecule has 0 aromatic rings. The Hall–Kier alpha value is -1.32. The minimum Gasteiger partial charge on any atom is -0.478 e. The molecule has 0 saturated carbocycles. The van der Waals surface area contributed by atoms with Crippen molar-refractivity contribution in [2.45, 2.75) is 53.6 Å². The number of rotatable bonds is 6. The lowest BCUT2D eigenvalue weighted by Gasteiger charge is -2.26. The van der Waals surface area contributed by atoms with Crippen molar-refractivity contribution in [2.24, 2.45) is 11.3 Å². The van der Waals surface area contributed by atoms with Gasteiger partial charge in [0.2, 0.25) is 0 Å².